The first-order valence-corrected chi connectivity index (χ1v) is 8.80. The Kier molecular flexibility index (Phi) is 5.39. The van der Waals surface area contributed by atoms with E-state index in [0.717, 1.165) is 24.2 Å². The first-order valence-electron chi connectivity index (χ1n) is 8.80. The van der Waals surface area contributed by atoms with E-state index in [9.17, 15) is 13.2 Å². The number of fused-ring (bicyclic) bond motifs is 1. The van der Waals surface area contributed by atoms with Crippen molar-refractivity contribution in [1.29, 1.82) is 0 Å². The van der Waals surface area contributed by atoms with Crippen molar-refractivity contribution < 1.29 is 17.9 Å². The van der Waals surface area contributed by atoms with Crippen LogP contribution in [0.15, 0.2) is 29.3 Å². The predicted octanol–water partition coefficient (Wildman–Crippen LogP) is 3.78. The van der Waals surface area contributed by atoms with Crippen molar-refractivity contribution in [1.82, 2.24) is 5.32 Å². The van der Waals surface area contributed by atoms with E-state index < -0.39 is 18.0 Å². The minimum atomic E-state index is -4.15. The lowest BCUT2D eigenvalue weighted by atomic mass is 9.79. The molecule has 0 saturated heterocycles. The highest BCUT2D eigenvalue weighted by Crippen LogP contribution is 2.41. The van der Waals surface area contributed by atoms with Gasteiger partial charge in [0, 0.05) is 18.5 Å². The Morgan fingerprint density at radius 2 is 1.96 bits per heavy atom. The van der Waals surface area contributed by atoms with Crippen molar-refractivity contribution in [3.8, 4) is 5.75 Å². The number of aliphatic imine (C=N–C) groups is 1. The van der Waals surface area contributed by atoms with E-state index in [1.54, 1.807) is 0 Å². The molecule has 1 aliphatic heterocycles. The maximum absolute atomic E-state index is 13.1. The van der Waals surface area contributed by atoms with Crippen LogP contribution >= 0.6 is 0 Å². The topological polar surface area (TPSA) is 59.6 Å². The van der Waals surface area contributed by atoms with Gasteiger partial charge in [-0.3, -0.25) is 4.99 Å². The molecule has 25 heavy (non-hydrogen) atoms. The largest absolute Gasteiger partial charge is 0.493 e. The Morgan fingerprint density at radius 1 is 1.20 bits per heavy atom. The number of hydrogen-bond donors (Lipinski definition) is 2. The molecule has 1 aromatic carbocycles. The lowest BCUT2D eigenvalue weighted by molar-refractivity contribution is -0.195. The molecule has 0 aromatic heterocycles. The van der Waals surface area contributed by atoms with Gasteiger partial charge in [-0.05, 0) is 24.8 Å². The number of nitrogens with zero attached hydrogens (tertiary/aromatic N) is 1. The highest BCUT2D eigenvalue weighted by Gasteiger charge is 2.45. The summed E-state index contributed by atoms with van der Waals surface area (Å²) in [5.74, 6) is -0.727. The molecule has 7 heteroatoms. The third-order valence-corrected chi connectivity index (χ3v) is 5.11. The Bertz CT molecular complexity index is 618. The zero-order valence-corrected chi connectivity index (χ0v) is 14.1. The highest BCUT2D eigenvalue weighted by atomic mass is 19.4. The van der Waals surface area contributed by atoms with Gasteiger partial charge in [0.2, 0.25) is 0 Å². The SMILES string of the molecule is NC(=NCC1CCCCC1C(F)(F)F)NC1CCOc2ccccc21. The van der Waals surface area contributed by atoms with Crippen LogP contribution in [0.2, 0.25) is 0 Å². The standard InChI is InChI=1S/C18H24F3N3O/c19-18(20,21)14-7-3-1-5-12(14)11-23-17(22)24-15-9-10-25-16-8-4-2-6-13(15)16/h2,4,6,8,12,14-15H,1,3,5,7,9-11H2,(H3,22,23,24). The molecular formula is C18H24F3N3O. The maximum Gasteiger partial charge on any atom is 0.392 e. The van der Waals surface area contributed by atoms with Crippen LogP contribution in [0, 0.1) is 11.8 Å². The predicted molar refractivity (Wildman–Crippen MR) is 90.4 cm³/mol. The molecule has 0 spiro atoms. The molecule has 3 unspecified atom stereocenters. The second-order valence-corrected chi connectivity index (χ2v) is 6.79. The van der Waals surface area contributed by atoms with Crippen LogP contribution in [-0.4, -0.2) is 25.3 Å². The fourth-order valence-electron chi connectivity index (χ4n) is 3.79. The summed E-state index contributed by atoms with van der Waals surface area (Å²) in [6.07, 6.45) is -1.19. The van der Waals surface area contributed by atoms with Gasteiger partial charge in [0.15, 0.2) is 5.96 Å². The molecule has 1 heterocycles. The number of alkyl halides is 3. The number of guanidine groups is 1. The van der Waals surface area contributed by atoms with E-state index in [4.69, 9.17) is 10.5 Å². The van der Waals surface area contributed by atoms with Crippen molar-refractivity contribution in [3.05, 3.63) is 29.8 Å². The van der Waals surface area contributed by atoms with Gasteiger partial charge in [0.25, 0.3) is 0 Å². The molecule has 1 aromatic rings. The summed E-state index contributed by atoms with van der Waals surface area (Å²) in [6, 6.07) is 7.65. The van der Waals surface area contributed by atoms with Gasteiger partial charge < -0.3 is 15.8 Å². The molecule has 1 fully saturated rings. The van der Waals surface area contributed by atoms with Crippen LogP contribution in [-0.2, 0) is 0 Å². The molecule has 3 atom stereocenters. The van der Waals surface area contributed by atoms with E-state index in [1.807, 2.05) is 24.3 Å². The van der Waals surface area contributed by atoms with Crippen molar-refractivity contribution in [2.45, 2.75) is 44.3 Å². The fraction of sp³-hybridized carbons (Fsp3) is 0.611. The number of hydrogen-bond acceptors (Lipinski definition) is 2. The van der Waals surface area contributed by atoms with E-state index >= 15 is 0 Å². The molecular weight excluding hydrogens is 331 g/mol. The molecule has 138 valence electrons. The van der Waals surface area contributed by atoms with Crippen molar-refractivity contribution in [2.75, 3.05) is 13.2 Å². The van der Waals surface area contributed by atoms with Crippen molar-refractivity contribution >= 4 is 5.96 Å². The lowest BCUT2D eigenvalue weighted by Gasteiger charge is -2.32. The van der Waals surface area contributed by atoms with Crippen LogP contribution in [0.3, 0.4) is 0 Å². The van der Waals surface area contributed by atoms with Crippen LogP contribution in [0.5, 0.6) is 5.75 Å². The van der Waals surface area contributed by atoms with Crippen molar-refractivity contribution in [2.24, 2.45) is 22.6 Å². The van der Waals surface area contributed by atoms with Gasteiger partial charge in [-0.15, -0.1) is 0 Å². The molecule has 3 rings (SSSR count). The second kappa shape index (κ2) is 7.54. The minimum absolute atomic E-state index is 0.0292. The monoisotopic (exact) mass is 355 g/mol. The summed E-state index contributed by atoms with van der Waals surface area (Å²) < 4.78 is 45.0. The van der Waals surface area contributed by atoms with Gasteiger partial charge in [-0.1, -0.05) is 31.0 Å². The van der Waals surface area contributed by atoms with Gasteiger partial charge in [-0.25, -0.2) is 0 Å². The minimum Gasteiger partial charge on any atom is -0.493 e. The fourth-order valence-corrected chi connectivity index (χ4v) is 3.79. The summed E-state index contributed by atoms with van der Waals surface area (Å²) >= 11 is 0. The van der Waals surface area contributed by atoms with E-state index in [-0.39, 0.29) is 25.0 Å². The van der Waals surface area contributed by atoms with Crippen LogP contribution in [0.4, 0.5) is 13.2 Å². The average molecular weight is 355 g/mol. The molecule has 3 N–H and O–H groups in total. The maximum atomic E-state index is 13.1. The number of ether oxygens (including phenoxy) is 1. The van der Waals surface area contributed by atoms with Gasteiger partial charge in [-0.2, -0.15) is 13.2 Å². The first kappa shape index (κ1) is 17.9. The van der Waals surface area contributed by atoms with Gasteiger partial charge in [0.1, 0.15) is 5.75 Å². The Labute approximate surface area is 145 Å². The van der Waals surface area contributed by atoms with E-state index in [1.165, 1.54) is 0 Å². The summed E-state index contributed by atoms with van der Waals surface area (Å²) in [7, 11) is 0. The van der Waals surface area contributed by atoms with Crippen molar-refractivity contribution in [3.63, 3.8) is 0 Å². The number of nitrogens with one attached hydrogen (secondary N) is 1. The summed E-state index contributed by atoms with van der Waals surface area (Å²) in [4.78, 5) is 4.22. The number of rotatable bonds is 3. The van der Waals surface area contributed by atoms with Crippen LogP contribution in [0.25, 0.3) is 0 Å². The second-order valence-electron chi connectivity index (χ2n) is 6.79. The Balaban J connectivity index is 1.63. The Morgan fingerprint density at radius 3 is 2.76 bits per heavy atom. The number of nitrogens with two attached hydrogens (primary N) is 1. The van der Waals surface area contributed by atoms with Gasteiger partial charge in [0.05, 0.1) is 18.6 Å². The molecule has 1 aliphatic carbocycles. The zero-order chi connectivity index (χ0) is 17.9. The quantitative estimate of drug-likeness (QED) is 0.641. The lowest BCUT2D eigenvalue weighted by Crippen LogP contribution is -2.39. The molecule has 0 bridgehead atoms. The highest BCUT2D eigenvalue weighted by molar-refractivity contribution is 5.78. The zero-order valence-electron chi connectivity index (χ0n) is 14.1. The summed E-state index contributed by atoms with van der Waals surface area (Å²) in [6.45, 7) is 0.689. The molecule has 4 nitrogen and oxygen atoms in total. The van der Waals surface area contributed by atoms with E-state index in [0.29, 0.717) is 19.4 Å². The normalized spacial score (nSPS) is 27.3. The third kappa shape index (κ3) is 4.38. The van der Waals surface area contributed by atoms with Crippen LogP contribution in [0.1, 0.15) is 43.7 Å². The van der Waals surface area contributed by atoms with E-state index in [2.05, 4.69) is 10.3 Å². The number of para-hydroxylation sites is 1. The first-order chi connectivity index (χ1) is 11.9. The molecule has 0 radical (unpaired) electrons. The molecule has 0 amide bonds. The average Bonchev–Trinajstić information content (AvgIpc) is 2.60. The number of halogens is 3. The Hall–Kier alpha value is -1.92. The molecule has 1 saturated carbocycles. The molecule has 2 aliphatic rings. The third-order valence-electron chi connectivity index (χ3n) is 5.11. The summed E-state index contributed by atoms with van der Waals surface area (Å²) in [5.41, 5.74) is 6.95. The number of benzene rings is 1. The summed E-state index contributed by atoms with van der Waals surface area (Å²) in [5, 5.41) is 3.13. The smallest absolute Gasteiger partial charge is 0.392 e. The van der Waals surface area contributed by atoms with Gasteiger partial charge >= 0.3 is 6.18 Å². The van der Waals surface area contributed by atoms with Crippen LogP contribution < -0.4 is 15.8 Å².